The van der Waals surface area contributed by atoms with Crippen LogP contribution in [0.3, 0.4) is 0 Å². The maximum atomic E-state index is 4.60. The number of nitrogens with one attached hydrogen (secondary N) is 1. The van der Waals surface area contributed by atoms with Crippen molar-refractivity contribution >= 4 is 27.3 Å². The van der Waals surface area contributed by atoms with Gasteiger partial charge < -0.3 is 0 Å². The molecule has 0 heterocycles. The van der Waals surface area contributed by atoms with Gasteiger partial charge in [0.05, 0.1) is 5.69 Å². The summed E-state index contributed by atoms with van der Waals surface area (Å²) in [5.74, 6) is 1.57. The summed E-state index contributed by atoms with van der Waals surface area (Å²) in [6.45, 7) is 0. The first-order valence-corrected chi connectivity index (χ1v) is 6.71. The van der Waals surface area contributed by atoms with E-state index in [0.29, 0.717) is 0 Å². The number of nitrogens with zero attached hydrogens (tertiary/aromatic N) is 1. The Bertz CT molecular complexity index is 388. The molecule has 0 amide bonds. The Labute approximate surface area is 104 Å². The molecule has 1 N–H and O–H groups in total. The second kappa shape index (κ2) is 4.21. The second-order valence-corrected chi connectivity index (χ2v) is 5.62. The highest BCUT2D eigenvalue weighted by Crippen LogP contribution is 2.42. The fourth-order valence-corrected chi connectivity index (χ4v) is 2.19. The molecule has 3 rings (SSSR count). The summed E-state index contributed by atoms with van der Waals surface area (Å²) in [6.07, 6.45) is 5.38. The Morgan fingerprint density at radius 1 is 1.06 bits per heavy atom. The first kappa shape index (κ1) is 10.3. The van der Waals surface area contributed by atoms with E-state index in [1.54, 1.807) is 0 Å². The number of hydrogen-bond acceptors (Lipinski definition) is 2. The molecule has 2 aliphatic carbocycles. The summed E-state index contributed by atoms with van der Waals surface area (Å²) in [5, 5.41) is 4.60. The lowest BCUT2D eigenvalue weighted by molar-refractivity contribution is 1.03. The number of benzene rings is 1. The molecule has 0 bridgehead atoms. The van der Waals surface area contributed by atoms with Gasteiger partial charge in [-0.3, -0.25) is 5.43 Å². The van der Waals surface area contributed by atoms with Gasteiger partial charge in [-0.05, 0) is 61.8 Å². The number of hydrogen-bond donors (Lipinski definition) is 1. The van der Waals surface area contributed by atoms with Crippen LogP contribution in [0.25, 0.3) is 0 Å². The highest BCUT2D eigenvalue weighted by Gasteiger charge is 2.38. The molecule has 1 aromatic carbocycles. The van der Waals surface area contributed by atoms with Gasteiger partial charge in [0.15, 0.2) is 0 Å². The van der Waals surface area contributed by atoms with E-state index >= 15 is 0 Å². The van der Waals surface area contributed by atoms with Crippen LogP contribution in [-0.2, 0) is 0 Å². The van der Waals surface area contributed by atoms with E-state index in [-0.39, 0.29) is 0 Å². The quantitative estimate of drug-likeness (QED) is 0.653. The van der Waals surface area contributed by atoms with Crippen molar-refractivity contribution in [3.8, 4) is 0 Å². The van der Waals surface area contributed by atoms with Gasteiger partial charge in [0.2, 0.25) is 0 Å². The summed E-state index contributed by atoms with van der Waals surface area (Å²) in [7, 11) is 0. The van der Waals surface area contributed by atoms with Gasteiger partial charge >= 0.3 is 0 Å². The molecule has 2 fully saturated rings. The van der Waals surface area contributed by atoms with Crippen molar-refractivity contribution < 1.29 is 0 Å². The van der Waals surface area contributed by atoms with Crippen LogP contribution in [0.4, 0.5) is 5.69 Å². The van der Waals surface area contributed by atoms with Crippen molar-refractivity contribution in [1.29, 1.82) is 0 Å². The highest BCUT2D eigenvalue weighted by molar-refractivity contribution is 9.10. The van der Waals surface area contributed by atoms with E-state index < -0.39 is 0 Å². The van der Waals surface area contributed by atoms with Gasteiger partial charge in [0.1, 0.15) is 0 Å². The molecule has 1 aromatic rings. The predicted octanol–water partition coefficient (Wildman–Crippen LogP) is 4.04. The minimum absolute atomic E-state index is 0.787. The van der Waals surface area contributed by atoms with E-state index in [4.69, 9.17) is 0 Å². The minimum atomic E-state index is 0.787. The number of anilines is 1. The lowest BCUT2D eigenvalue weighted by Crippen LogP contribution is -2.07. The maximum Gasteiger partial charge on any atom is 0.0562 e. The Kier molecular flexibility index (Phi) is 2.72. The van der Waals surface area contributed by atoms with Gasteiger partial charge in [-0.25, -0.2) is 0 Å². The molecule has 0 radical (unpaired) electrons. The molecule has 0 atom stereocenters. The summed E-state index contributed by atoms with van der Waals surface area (Å²) < 4.78 is 1.10. The summed E-state index contributed by atoms with van der Waals surface area (Å²) in [6, 6.07) is 8.16. The number of halogens is 1. The van der Waals surface area contributed by atoms with Crippen LogP contribution < -0.4 is 5.43 Å². The van der Waals surface area contributed by atoms with E-state index in [1.165, 1.54) is 31.4 Å². The molecule has 0 aliphatic heterocycles. The van der Waals surface area contributed by atoms with Gasteiger partial charge in [-0.1, -0.05) is 15.9 Å². The van der Waals surface area contributed by atoms with Crippen molar-refractivity contribution in [3.05, 3.63) is 28.7 Å². The molecular weight excluding hydrogens is 264 g/mol. The highest BCUT2D eigenvalue weighted by atomic mass is 79.9. The van der Waals surface area contributed by atoms with Crippen LogP contribution in [0, 0.1) is 11.8 Å². The normalized spacial score (nSPS) is 19.3. The third-order valence-electron chi connectivity index (χ3n) is 3.15. The average Bonchev–Trinajstić information content (AvgIpc) is 3.15. The first-order chi connectivity index (χ1) is 7.83. The van der Waals surface area contributed by atoms with Gasteiger partial charge in [0, 0.05) is 10.2 Å². The summed E-state index contributed by atoms with van der Waals surface area (Å²) >= 11 is 3.43. The molecule has 2 aliphatic rings. The van der Waals surface area contributed by atoms with Crippen molar-refractivity contribution in [2.75, 3.05) is 5.43 Å². The fourth-order valence-electron chi connectivity index (χ4n) is 1.93. The monoisotopic (exact) mass is 278 g/mol. The van der Waals surface area contributed by atoms with Gasteiger partial charge in [-0.15, -0.1) is 0 Å². The maximum absolute atomic E-state index is 4.60. The first-order valence-electron chi connectivity index (χ1n) is 5.92. The molecule has 3 heteroatoms. The fraction of sp³-hybridized carbons (Fsp3) is 0.462. The third-order valence-corrected chi connectivity index (χ3v) is 3.68. The van der Waals surface area contributed by atoms with Gasteiger partial charge in [-0.2, -0.15) is 5.10 Å². The summed E-state index contributed by atoms with van der Waals surface area (Å²) in [4.78, 5) is 0. The Morgan fingerprint density at radius 3 is 2.12 bits per heavy atom. The lowest BCUT2D eigenvalue weighted by atomic mass is 10.1. The molecule has 0 saturated heterocycles. The van der Waals surface area contributed by atoms with Crippen LogP contribution in [0.1, 0.15) is 25.7 Å². The summed E-state index contributed by atoms with van der Waals surface area (Å²) in [5.41, 5.74) is 5.67. The second-order valence-electron chi connectivity index (χ2n) is 4.70. The van der Waals surface area contributed by atoms with E-state index in [0.717, 1.165) is 22.0 Å². The van der Waals surface area contributed by atoms with E-state index in [1.807, 2.05) is 24.3 Å². The van der Waals surface area contributed by atoms with Crippen LogP contribution in [0.15, 0.2) is 33.8 Å². The van der Waals surface area contributed by atoms with E-state index in [9.17, 15) is 0 Å². The average molecular weight is 279 g/mol. The van der Waals surface area contributed by atoms with Crippen LogP contribution in [0.2, 0.25) is 0 Å². The molecule has 2 nitrogen and oxygen atoms in total. The van der Waals surface area contributed by atoms with Crippen molar-refractivity contribution in [2.45, 2.75) is 25.7 Å². The SMILES string of the molecule is Brc1ccc(NN=C(C2CC2)C2CC2)cc1. The lowest BCUT2D eigenvalue weighted by Gasteiger charge is -2.05. The molecule has 84 valence electrons. The van der Waals surface area contributed by atoms with E-state index in [2.05, 4.69) is 26.5 Å². The molecule has 0 spiro atoms. The topological polar surface area (TPSA) is 24.4 Å². The molecule has 16 heavy (non-hydrogen) atoms. The Morgan fingerprint density at radius 2 is 1.62 bits per heavy atom. The zero-order valence-corrected chi connectivity index (χ0v) is 10.7. The number of rotatable bonds is 4. The third kappa shape index (κ3) is 2.46. The van der Waals surface area contributed by atoms with Crippen LogP contribution in [0.5, 0.6) is 0 Å². The standard InChI is InChI=1S/C13H15BrN2/c14-11-5-7-12(8-6-11)15-16-13(9-1-2-9)10-3-4-10/h5-10,15H,1-4H2. The van der Waals surface area contributed by atoms with Gasteiger partial charge in [0.25, 0.3) is 0 Å². The van der Waals surface area contributed by atoms with Crippen molar-refractivity contribution in [1.82, 2.24) is 0 Å². The van der Waals surface area contributed by atoms with Crippen LogP contribution in [-0.4, -0.2) is 5.71 Å². The molecule has 0 unspecified atom stereocenters. The zero-order chi connectivity index (χ0) is 11.0. The largest absolute Gasteiger partial charge is 0.279 e. The predicted molar refractivity (Wildman–Crippen MR) is 70.6 cm³/mol. The Balaban J connectivity index is 1.69. The molecule has 0 aromatic heterocycles. The Hall–Kier alpha value is -0.830. The van der Waals surface area contributed by atoms with Crippen LogP contribution >= 0.6 is 15.9 Å². The smallest absolute Gasteiger partial charge is 0.0562 e. The number of hydrazone groups is 1. The molecular formula is C13H15BrN2. The molecule has 2 saturated carbocycles. The van der Waals surface area contributed by atoms with Crippen molar-refractivity contribution in [2.24, 2.45) is 16.9 Å². The van der Waals surface area contributed by atoms with Crippen molar-refractivity contribution in [3.63, 3.8) is 0 Å². The minimum Gasteiger partial charge on any atom is -0.279 e. The zero-order valence-electron chi connectivity index (χ0n) is 9.12.